The van der Waals surface area contributed by atoms with E-state index in [0.717, 1.165) is 49.7 Å². The summed E-state index contributed by atoms with van der Waals surface area (Å²) in [7, 11) is 1.45. The molecule has 1 spiro atoms. The molecule has 10 atom stereocenters. The number of dihydropyridines is 1. The minimum Gasteiger partial charge on any atom is -0.504 e. The van der Waals surface area contributed by atoms with Gasteiger partial charge >= 0.3 is 5.97 Å². The van der Waals surface area contributed by atoms with Crippen molar-refractivity contribution in [3.05, 3.63) is 65.0 Å². The van der Waals surface area contributed by atoms with Crippen LogP contribution in [0.4, 0.5) is 0 Å². The normalized spacial score (nSPS) is 33.2. The number of allylic oxidation sites excluding steroid dienone is 2. The molecule has 0 amide bonds. The van der Waals surface area contributed by atoms with E-state index in [1.807, 2.05) is 6.08 Å². The highest BCUT2D eigenvalue weighted by Crippen LogP contribution is 2.70. The van der Waals surface area contributed by atoms with Crippen molar-refractivity contribution in [3.63, 3.8) is 0 Å². The number of carboxylic acid groups (broad SMARTS) is 1. The molecule has 5 aliphatic rings. The van der Waals surface area contributed by atoms with E-state index in [4.69, 9.17) is 24.7 Å². The van der Waals surface area contributed by atoms with Crippen molar-refractivity contribution in [2.24, 2.45) is 34.3 Å². The third-order valence-corrected chi connectivity index (χ3v) is 14.1. The van der Waals surface area contributed by atoms with Crippen LogP contribution in [0.25, 0.3) is 0 Å². The molecule has 58 heavy (non-hydrogen) atoms. The Labute approximate surface area is 340 Å². The summed E-state index contributed by atoms with van der Waals surface area (Å²) in [5, 5.41) is 70.1. The Kier molecular flexibility index (Phi) is 12.7. The molecule has 10 N–H and O–H groups in total. The number of hydrogen-bond acceptors (Lipinski definition) is 13. The average molecular weight is 808 g/mol. The van der Waals surface area contributed by atoms with Crippen LogP contribution in [0.15, 0.2) is 53.9 Å². The predicted octanol–water partition coefficient (Wildman–Crippen LogP) is 4.37. The number of carbonyl (C=O) groups is 1. The Morgan fingerprint density at radius 2 is 1.86 bits per heavy atom. The first-order chi connectivity index (χ1) is 27.9. The summed E-state index contributed by atoms with van der Waals surface area (Å²) in [5.74, 6) is -0.236. The summed E-state index contributed by atoms with van der Waals surface area (Å²) >= 11 is 0. The number of benzene rings is 2. The molecule has 7 rings (SSSR count). The summed E-state index contributed by atoms with van der Waals surface area (Å²) in [4.78, 5) is 13.1. The Morgan fingerprint density at radius 3 is 2.60 bits per heavy atom. The van der Waals surface area contributed by atoms with Crippen LogP contribution in [0.3, 0.4) is 0 Å². The van der Waals surface area contributed by atoms with Crippen molar-refractivity contribution in [2.75, 3.05) is 33.7 Å². The molecule has 0 radical (unpaired) electrons. The van der Waals surface area contributed by atoms with Crippen molar-refractivity contribution in [2.45, 2.75) is 108 Å². The molecule has 2 aromatic carbocycles. The molecule has 0 bridgehead atoms. The van der Waals surface area contributed by atoms with Gasteiger partial charge in [0.2, 0.25) is 5.75 Å². The van der Waals surface area contributed by atoms with E-state index >= 15 is 0 Å². The van der Waals surface area contributed by atoms with Gasteiger partial charge in [0.05, 0.1) is 37.7 Å². The Morgan fingerprint density at radius 1 is 1.05 bits per heavy atom. The van der Waals surface area contributed by atoms with E-state index in [0.29, 0.717) is 43.1 Å². The van der Waals surface area contributed by atoms with Gasteiger partial charge in [-0.3, -0.25) is 4.79 Å². The minimum atomic E-state index is -0.849. The summed E-state index contributed by atoms with van der Waals surface area (Å²) in [5.41, 5.74) is 7.91. The van der Waals surface area contributed by atoms with Crippen LogP contribution in [0.5, 0.6) is 28.7 Å². The number of carboxylic acids is 1. The highest BCUT2D eigenvalue weighted by atomic mass is 16.6. The Balaban J connectivity index is 1.20. The number of methoxy groups -OCH3 is 1. The van der Waals surface area contributed by atoms with Crippen molar-refractivity contribution < 1.29 is 54.4 Å². The summed E-state index contributed by atoms with van der Waals surface area (Å²) in [6, 6.07) is 8.03. The van der Waals surface area contributed by atoms with E-state index in [1.165, 1.54) is 13.2 Å². The van der Waals surface area contributed by atoms with E-state index in [-0.39, 0.29) is 84.3 Å². The van der Waals surface area contributed by atoms with Gasteiger partial charge in [-0.1, -0.05) is 18.6 Å². The van der Waals surface area contributed by atoms with Crippen molar-refractivity contribution in [1.29, 1.82) is 0 Å². The van der Waals surface area contributed by atoms with E-state index in [9.17, 15) is 35.4 Å². The molecule has 2 saturated carbocycles. The number of nitrogens with two attached hydrogens (primary N) is 1. The van der Waals surface area contributed by atoms with Crippen LogP contribution in [0, 0.1) is 28.6 Å². The van der Waals surface area contributed by atoms with Gasteiger partial charge in [-0.2, -0.15) is 0 Å². The van der Waals surface area contributed by atoms with Gasteiger partial charge in [0.25, 0.3) is 0 Å². The van der Waals surface area contributed by atoms with Gasteiger partial charge in [-0.05, 0) is 129 Å². The van der Waals surface area contributed by atoms with Crippen LogP contribution < -0.4 is 30.6 Å². The topological polar surface area (TPSA) is 225 Å². The van der Waals surface area contributed by atoms with E-state index in [2.05, 4.69) is 23.6 Å². The molecule has 3 heterocycles. The minimum absolute atomic E-state index is 0.0340. The van der Waals surface area contributed by atoms with Crippen LogP contribution in [-0.4, -0.2) is 94.6 Å². The fourth-order valence-corrected chi connectivity index (χ4v) is 11.9. The summed E-state index contributed by atoms with van der Waals surface area (Å²) < 4.78 is 24.2. The highest BCUT2D eigenvalue weighted by Gasteiger charge is 2.68. The number of nitrogens with one attached hydrogen (secondary N) is 2. The molecule has 14 nitrogen and oxygen atoms in total. The fraction of sp³-hybridized carbons (Fsp3) is 0.614. The number of piperidine rings is 1. The first kappa shape index (κ1) is 41.9. The molecule has 4 fully saturated rings. The number of aliphatic hydroxyl groups is 3. The molecule has 3 aliphatic heterocycles. The SMILES string of the molecule is COc1cc([C@H]2O[C@@H](CCc3ccc(O)c(OCO)c3)C[C@H](O)[C@@H]2CCO)cc(OC[C@@H]2N[C@@H](C)C[C@]34CCC[C@H]3CC[C@@H](C3=CCNC(N)=C3)[C@]24CC(=O)O)c1O. The number of aromatic hydroxyl groups is 2. The molecular formula is C44H61N3O11. The maximum atomic E-state index is 13.1. The third-order valence-electron chi connectivity index (χ3n) is 14.1. The standard InChI is InChI=1S/C44H61N3O11/c1-25-21-43-13-3-4-29(43)7-9-32(27-11-14-46-39(45)19-27)44(43,22-40(52)53)38(47-25)23-56-37-18-28(17-36(55-2)41(37)54)42-31(12-15-48)34(51)20-30(58-42)8-5-26-6-10-33(50)35(16-26)57-24-49/h6,10-11,16-19,25,29-32,34,38,42,46-51,54H,3-5,7-9,12-15,20-24,45H2,1-2H3,(H,52,53)/t25-,29-,30-,31-,32-,34-,38-,42+,43+,44+/m0/s1. The van der Waals surface area contributed by atoms with Gasteiger partial charge < -0.3 is 66.0 Å². The maximum Gasteiger partial charge on any atom is 0.304 e. The second kappa shape index (κ2) is 17.6. The maximum absolute atomic E-state index is 13.1. The Hall–Kier alpha value is -4.21. The van der Waals surface area contributed by atoms with E-state index in [1.54, 1.807) is 24.3 Å². The second-order valence-corrected chi connectivity index (χ2v) is 17.1. The lowest BCUT2D eigenvalue weighted by atomic mass is 9.41. The number of ether oxygens (including phenoxy) is 4. The number of aliphatic carboxylic acids is 1. The number of rotatable bonds is 15. The number of aliphatic hydroxyl groups excluding tert-OH is 3. The quantitative estimate of drug-likeness (QED) is 0.114. The lowest BCUT2D eigenvalue weighted by Gasteiger charge is -2.66. The molecule has 2 saturated heterocycles. The largest absolute Gasteiger partial charge is 0.504 e. The molecular weight excluding hydrogens is 746 g/mol. The van der Waals surface area contributed by atoms with Gasteiger partial charge in [-0.15, -0.1) is 0 Å². The monoisotopic (exact) mass is 807 g/mol. The van der Waals surface area contributed by atoms with Crippen LogP contribution in [0.2, 0.25) is 0 Å². The van der Waals surface area contributed by atoms with Gasteiger partial charge in [-0.25, -0.2) is 0 Å². The molecule has 2 aromatic rings. The van der Waals surface area contributed by atoms with E-state index < -0.39 is 36.3 Å². The zero-order valence-electron chi connectivity index (χ0n) is 33.6. The number of phenols is 2. The summed E-state index contributed by atoms with van der Waals surface area (Å²) in [6.45, 7) is 2.09. The van der Waals surface area contributed by atoms with Gasteiger partial charge in [0, 0.05) is 36.6 Å². The number of phenolic OH excluding ortho intramolecular Hbond substituents is 2. The molecule has 318 valence electrons. The molecule has 2 aliphatic carbocycles. The molecule has 0 aromatic heterocycles. The van der Waals surface area contributed by atoms with Gasteiger partial charge in [0.1, 0.15) is 6.61 Å². The van der Waals surface area contributed by atoms with Crippen LogP contribution in [-0.2, 0) is 16.0 Å². The van der Waals surface area contributed by atoms with Gasteiger partial charge in [0.15, 0.2) is 29.8 Å². The first-order valence-electron chi connectivity index (χ1n) is 20.9. The third kappa shape index (κ3) is 7.93. The predicted molar refractivity (Wildman–Crippen MR) is 214 cm³/mol. The lowest BCUT2D eigenvalue weighted by Crippen LogP contribution is -2.70. The second-order valence-electron chi connectivity index (χ2n) is 17.1. The lowest BCUT2D eigenvalue weighted by molar-refractivity contribution is -0.172. The zero-order chi connectivity index (χ0) is 41.2. The average Bonchev–Trinajstić information content (AvgIpc) is 3.61. The zero-order valence-corrected chi connectivity index (χ0v) is 33.6. The molecule has 14 heteroatoms. The van der Waals surface area contributed by atoms with Crippen molar-refractivity contribution >= 4 is 5.97 Å². The number of hydrogen-bond donors (Lipinski definition) is 9. The molecule has 0 unspecified atom stereocenters. The highest BCUT2D eigenvalue weighted by molar-refractivity contribution is 5.69. The first-order valence-corrected chi connectivity index (χ1v) is 20.9. The smallest absolute Gasteiger partial charge is 0.304 e. The van der Waals surface area contributed by atoms with Crippen LogP contribution >= 0.6 is 0 Å². The summed E-state index contributed by atoms with van der Waals surface area (Å²) in [6.07, 6.45) is 9.69. The Bertz CT molecular complexity index is 1850. The van der Waals surface area contributed by atoms with Crippen molar-refractivity contribution in [3.8, 4) is 28.7 Å². The van der Waals surface area contributed by atoms with Crippen LogP contribution in [0.1, 0.15) is 88.4 Å². The van der Waals surface area contributed by atoms with Crippen molar-refractivity contribution in [1.82, 2.24) is 10.6 Å². The number of aryl methyl sites for hydroxylation is 1. The fourth-order valence-electron chi connectivity index (χ4n) is 11.9.